The first-order valence-corrected chi connectivity index (χ1v) is 5.31. The average molecular weight is 200 g/mol. The van der Waals surface area contributed by atoms with E-state index in [1.54, 1.807) is 5.01 Å². The fraction of sp³-hybridized carbons (Fsp3) is 0.625. The predicted molar refractivity (Wildman–Crippen MR) is 57.7 cm³/mol. The van der Waals surface area contributed by atoms with E-state index in [4.69, 9.17) is 5.84 Å². The van der Waals surface area contributed by atoms with Crippen molar-refractivity contribution in [1.82, 2.24) is 10.4 Å². The lowest BCUT2D eigenvalue weighted by molar-refractivity contribution is 0.430. The van der Waals surface area contributed by atoms with Crippen LogP contribution in [0.1, 0.15) is 20.8 Å². The molecule has 0 spiro atoms. The molecule has 0 aromatic rings. The first-order valence-electron chi connectivity index (χ1n) is 4.09. The molecular weight excluding hydrogens is 184 g/mol. The van der Waals surface area contributed by atoms with E-state index in [0.29, 0.717) is 0 Å². The van der Waals surface area contributed by atoms with Gasteiger partial charge < -0.3 is 0 Å². The average Bonchev–Trinajstić information content (AvgIpc) is 2.02. The van der Waals surface area contributed by atoms with Crippen molar-refractivity contribution in [1.29, 1.82) is 0 Å². The second-order valence-electron chi connectivity index (χ2n) is 3.91. The summed E-state index contributed by atoms with van der Waals surface area (Å²) < 4.78 is 0. The van der Waals surface area contributed by atoms with Crippen molar-refractivity contribution in [3.05, 3.63) is 11.9 Å². The summed E-state index contributed by atoms with van der Waals surface area (Å²) >= 11 is 1.51. The molecule has 0 saturated carbocycles. The normalized spacial score (nSPS) is 17.8. The summed E-state index contributed by atoms with van der Waals surface area (Å²) in [6.07, 6.45) is 3.81. The van der Waals surface area contributed by atoms with Crippen molar-refractivity contribution in [2.24, 2.45) is 16.4 Å². The fourth-order valence-corrected chi connectivity index (χ4v) is 1.30. The van der Waals surface area contributed by atoms with E-state index in [-0.39, 0.29) is 5.41 Å². The van der Waals surface area contributed by atoms with Gasteiger partial charge in [-0.15, -0.1) is 5.10 Å². The Balaban J connectivity index is 2.78. The standard InChI is InChI=1S/C8H16N4S/c1-8(2,3)6-5-12(9)7(13-4)11-10-6/h5,10H,9H2,1-4H3. The van der Waals surface area contributed by atoms with Crippen LogP contribution in [0.3, 0.4) is 0 Å². The first kappa shape index (κ1) is 10.4. The van der Waals surface area contributed by atoms with Crippen LogP contribution in [0.15, 0.2) is 17.0 Å². The number of nitrogens with two attached hydrogens (primary N) is 1. The maximum absolute atomic E-state index is 5.74. The summed E-state index contributed by atoms with van der Waals surface area (Å²) in [6.45, 7) is 6.33. The molecule has 0 radical (unpaired) electrons. The number of hydrazone groups is 1. The summed E-state index contributed by atoms with van der Waals surface area (Å²) in [4.78, 5) is 0. The highest BCUT2D eigenvalue weighted by Crippen LogP contribution is 2.25. The van der Waals surface area contributed by atoms with Gasteiger partial charge in [-0.3, -0.25) is 10.4 Å². The minimum absolute atomic E-state index is 0.0467. The van der Waals surface area contributed by atoms with E-state index in [1.165, 1.54) is 11.8 Å². The molecule has 0 saturated heterocycles. The molecule has 1 rings (SSSR count). The van der Waals surface area contributed by atoms with Gasteiger partial charge in [0, 0.05) is 11.6 Å². The summed E-state index contributed by atoms with van der Waals surface area (Å²) in [6, 6.07) is 0. The van der Waals surface area contributed by atoms with Gasteiger partial charge in [-0.25, -0.2) is 5.84 Å². The van der Waals surface area contributed by atoms with Gasteiger partial charge in [-0.2, -0.15) is 0 Å². The molecule has 0 aliphatic carbocycles. The first-order chi connectivity index (χ1) is 5.95. The molecular formula is C8H16N4S. The maximum atomic E-state index is 5.74. The zero-order valence-corrected chi connectivity index (χ0v) is 9.27. The van der Waals surface area contributed by atoms with Crippen molar-refractivity contribution < 1.29 is 0 Å². The van der Waals surface area contributed by atoms with Crippen molar-refractivity contribution in [3.63, 3.8) is 0 Å². The molecule has 13 heavy (non-hydrogen) atoms. The second kappa shape index (κ2) is 3.59. The minimum atomic E-state index is 0.0467. The molecule has 74 valence electrons. The highest BCUT2D eigenvalue weighted by atomic mass is 32.2. The van der Waals surface area contributed by atoms with Crippen LogP contribution in [0.5, 0.6) is 0 Å². The molecule has 0 unspecified atom stereocenters. The molecule has 0 atom stereocenters. The Morgan fingerprint density at radius 2 is 2.15 bits per heavy atom. The molecule has 0 aromatic carbocycles. The molecule has 0 bridgehead atoms. The highest BCUT2D eigenvalue weighted by molar-refractivity contribution is 8.13. The van der Waals surface area contributed by atoms with E-state index in [2.05, 4.69) is 31.3 Å². The summed E-state index contributed by atoms with van der Waals surface area (Å²) in [5, 5.41) is 6.45. The number of nitrogens with zero attached hydrogens (tertiary/aromatic N) is 2. The Hall–Kier alpha value is -0.680. The number of rotatable bonds is 0. The number of hydrogen-bond acceptors (Lipinski definition) is 5. The van der Waals surface area contributed by atoms with Gasteiger partial charge in [-0.1, -0.05) is 32.5 Å². The van der Waals surface area contributed by atoms with Crippen LogP contribution in [0.25, 0.3) is 0 Å². The Morgan fingerprint density at radius 3 is 2.54 bits per heavy atom. The lowest BCUT2D eigenvalue weighted by Crippen LogP contribution is -2.38. The summed E-state index contributed by atoms with van der Waals surface area (Å²) in [5.41, 5.74) is 4.06. The number of hydrazine groups is 1. The van der Waals surface area contributed by atoms with E-state index in [9.17, 15) is 0 Å². The van der Waals surface area contributed by atoms with Gasteiger partial charge in [0.15, 0.2) is 0 Å². The third kappa shape index (κ3) is 2.38. The maximum Gasteiger partial charge on any atom is 0.201 e. The SMILES string of the molecule is CSC1=NNC(C(C)(C)C)=CN1N. The molecule has 1 aliphatic rings. The van der Waals surface area contributed by atoms with Crippen molar-refractivity contribution in [3.8, 4) is 0 Å². The smallest absolute Gasteiger partial charge is 0.201 e. The Bertz CT molecular complexity index is 251. The topological polar surface area (TPSA) is 53.7 Å². The van der Waals surface area contributed by atoms with Gasteiger partial charge in [-0.05, 0) is 6.26 Å². The third-order valence-corrected chi connectivity index (χ3v) is 2.42. The van der Waals surface area contributed by atoms with Crippen LogP contribution in [0.4, 0.5) is 0 Å². The van der Waals surface area contributed by atoms with Crippen LogP contribution in [-0.2, 0) is 0 Å². The molecule has 0 amide bonds. The quantitative estimate of drug-likeness (QED) is 0.578. The fourth-order valence-electron chi connectivity index (χ4n) is 0.901. The minimum Gasteiger partial charge on any atom is -0.278 e. The number of amidine groups is 1. The highest BCUT2D eigenvalue weighted by Gasteiger charge is 2.21. The van der Waals surface area contributed by atoms with E-state index >= 15 is 0 Å². The lowest BCUT2D eigenvalue weighted by Gasteiger charge is -2.28. The van der Waals surface area contributed by atoms with E-state index in [0.717, 1.165) is 10.9 Å². The monoisotopic (exact) mass is 200 g/mol. The number of thioether (sulfide) groups is 1. The Labute approximate surface area is 83.2 Å². The number of nitrogens with one attached hydrogen (secondary N) is 1. The van der Waals surface area contributed by atoms with Crippen LogP contribution >= 0.6 is 11.8 Å². The van der Waals surface area contributed by atoms with Crippen LogP contribution < -0.4 is 11.3 Å². The second-order valence-corrected chi connectivity index (χ2v) is 4.68. The molecule has 1 aliphatic heterocycles. The zero-order valence-electron chi connectivity index (χ0n) is 8.46. The zero-order chi connectivity index (χ0) is 10.1. The van der Waals surface area contributed by atoms with Crippen molar-refractivity contribution >= 4 is 16.9 Å². The molecule has 0 fully saturated rings. The van der Waals surface area contributed by atoms with Gasteiger partial charge in [0.1, 0.15) is 0 Å². The summed E-state index contributed by atoms with van der Waals surface area (Å²) in [5.74, 6) is 5.74. The van der Waals surface area contributed by atoms with Crippen LogP contribution in [0, 0.1) is 5.41 Å². The van der Waals surface area contributed by atoms with Crippen LogP contribution in [-0.4, -0.2) is 16.4 Å². The summed E-state index contributed by atoms with van der Waals surface area (Å²) in [7, 11) is 0. The third-order valence-electron chi connectivity index (χ3n) is 1.75. The largest absolute Gasteiger partial charge is 0.278 e. The van der Waals surface area contributed by atoms with Crippen molar-refractivity contribution in [2.75, 3.05) is 6.26 Å². The van der Waals surface area contributed by atoms with Crippen molar-refractivity contribution in [2.45, 2.75) is 20.8 Å². The molecule has 5 heteroatoms. The Morgan fingerprint density at radius 1 is 1.54 bits per heavy atom. The van der Waals surface area contributed by atoms with Crippen LogP contribution in [0.2, 0.25) is 0 Å². The van der Waals surface area contributed by atoms with E-state index in [1.807, 2.05) is 12.5 Å². The molecule has 3 N–H and O–H groups in total. The number of allylic oxidation sites excluding steroid dienone is 1. The predicted octanol–water partition coefficient (Wildman–Crippen LogP) is 1.29. The van der Waals surface area contributed by atoms with Gasteiger partial charge in [0.2, 0.25) is 5.17 Å². The molecule has 1 heterocycles. The molecule has 4 nitrogen and oxygen atoms in total. The van der Waals surface area contributed by atoms with Gasteiger partial charge in [0.05, 0.1) is 5.70 Å². The lowest BCUT2D eigenvalue weighted by atomic mass is 9.93. The van der Waals surface area contributed by atoms with E-state index < -0.39 is 0 Å². The van der Waals surface area contributed by atoms with Gasteiger partial charge in [0.25, 0.3) is 0 Å². The molecule has 0 aromatic heterocycles. The Kier molecular flexibility index (Phi) is 2.87. The number of hydrogen-bond donors (Lipinski definition) is 2. The van der Waals surface area contributed by atoms with Gasteiger partial charge >= 0.3 is 0 Å².